The van der Waals surface area contributed by atoms with Crippen LogP contribution >= 0.6 is 11.8 Å². The number of pyridine rings is 2. The Bertz CT molecular complexity index is 1730. The zero-order valence-electron chi connectivity index (χ0n) is 20.9. The fourth-order valence-electron chi connectivity index (χ4n) is 5.65. The molecule has 0 fully saturated rings. The second-order valence-corrected chi connectivity index (χ2v) is 10.9. The Balaban J connectivity index is 1.44. The van der Waals surface area contributed by atoms with Gasteiger partial charge in [0.1, 0.15) is 6.61 Å². The zero-order valence-corrected chi connectivity index (χ0v) is 21.7. The molecule has 9 heteroatoms. The van der Waals surface area contributed by atoms with E-state index in [9.17, 15) is 14.7 Å². The summed E-state index contributed by atoms with van der Waals surface area (Å²) in [5, 5.41) is 12.0. The number of fused-ring (bicyclic) bond motifs is 6. The predicted octanol–water partition coefficient (Wildman–Crippen LogP) is 4.59. The van der Waals surface area contributed by atoms with Crippen molar-refractivity contribution in [2.45, 2.75) is 43.9 Å². The number of hydrogen-bond acceptors (Lipinski definition) is 8. The van der Waals surface area contributed by atoms with Crippen LogP contribution in [0.1, 0.15) is 37.0 Å². The molecular formula is C29H24N2O6S. The molecule has 1 N–H and O–H groups in total. The van der Waals surface area contributed by atoms with E-state index in [4.69, 9.17) is 19.2 Å². The maximum absolute atomic E-state index is 13.5. The van der Waals surface area contributed by atoms with Gasteiger partial charge in [-0.05, 0) is 42.0 Å². The maximum atomic E-state index is 13.5. The number of benzene rings is 2. The minimum Gasteiger partial charge on any atom is -0.458 e. The predicted molar refractivity (Wildman–Crippen MR) is 142 cm³/mol. The highest BCUT2D eigenvalue weighted by Crippen LogP contribution is 2.48. The lowest BCUT2D eigenvalue weighted by atomic mass is 9.86. The number of rotatable bonds is 4. The minimum atomic E-state index is -1.86. The van der Waals surface area contributed by atoms with Crippen LogP contribution in [0.25, 0.3) is 33.4 Å². The molecule has 38 heavy (non-hydrogen) atoms. The van der Waals surface area contributed by atoms with E-state index in [1.165, 1.54) is 4.90 Å². The van der Waals surface area contributed by atoms with Gasteiger partial charge in [-0.3, -0.25) is 4.79 Å². The summed E-state index contributed by atoms with van der Waals surface area (Å²) < 4.78 is 18.5. The van der Waals surface area contributed by atoms with Crippen LogP contribution < -0.4 is 15.0 Å². The summed E-state index contributed by atoms with van der Waals surface area (Å²) in [6.45, 7) is 4.13. The Labute approximate surface area is 222 Å². The van der Waals surface area contributed by atoms with Crippen molar-refractivity contribution < 1.29 is 24.1 Å². The molecular weight excluding hydrogens is 504 g/mol. The normalized spacial score (nSPS) is 18.8. The van der Waals surface area contributed by atoms with Crippen LogP contribution in [0.5, 0.6) is 11.5 Å². The maximum Gasteiger partial charge on any atom is 0.343 e. The van der Waals surface area contributed by atoms with Crippen molar-refractivity contribution in [3.05, 3.63) is 69.5 Å². The molecule has 0 amide bonds. The molecule has 2 aromatic carbocycles. The number of aliphatic hydroxyl groups is 1. The second kappa shape index (κ2) is 8.34. The van der Waals surface area contributed by atoms with E-state index in [0.717, 1.165) is 27.8 Å². The van der Waals surface area contributed by atoms with Gasteiger partial charge in [-0.25, -0.2) is 9.78 Å². The third kappa shape index (κ3) is 3.18. The third-order valence-corrected chi connectivity index (χ3v) is 8.50. The molecule has 0 bridgehead atoms. The molecule has 0 saturated carbocycles. The summed E-state index contributed by atoms with van der Waals surface area (Å²) in [4.78, 5) is 32.1. The molecule has 0 aliphatic carbocycles. The van der Waals surface area contributed by atoms with Gasteiger partial charge in [0.2, 0.25) is 6.79 Å². The van der Waals surface area contributed by atoms with Crippen LogP contribution in [0.4, 0.5) is 0 Å². The molecule has 3 aliphatic rings. The van der Waals surface area contributed by atoms with Crippen molar-refractivity contribution in [3.8, 4) is 34.0 Å². The largest absolute Gasteiger partial charge is 0.458 e. The Morgan fingerprint density at radius 3 is 2.66 bits per heavy atom. The smallest absolute Gasteiger partial charge is 0.343 e. The van der Waals surface area contributed by atoms with E-state index in [1.807, 2.05) is 6.07 Å². The fourth-order valence-corrected chi connectivity index (χ4v) is 6.32. The van der Waals surface area contributed by atoms with E-state index in [2.05, 4.69) is 37.3 Å². The van der Waals surface area contributed by atoms with E-state index in [0.29, 0.717) is 46.1 Å². The molecule has 1 atom stereocenters. The van der Waals surface area contributed by atoms with E-state index >= 15 is 0 Å². The summed E-state index contributed by atoms with van der Waals surface area (Å²) in [6.07, 6.45) is 0.0993. The number of aromatic nitrogens is 2. The summed E-state index contributed by atoms with van der Waals surface area (Å²) in [6, 6.07) is 14.0. The molecule has 192 valence electrons. The van der Waals surface area contributed by atoms with Crippen molar-refractivity contribution in [1.82, 2.24) is 9.55 Å². The van der Waals surface area contributed by atoms with E-state index < -0.39 is 11.6 Å². The molecule has 5 heterocycles. The van der Waals surface area contributed by atoms with Crippen molar-refractivity contribution in [2.75, 3.05) is 12.5 Å². The highest BCUT2D eigenvalue weighted by atomic mass is 32.2. The summed E-state index contributed by atoms with van der Waals surface area (Å²) in [7, 11) is 0. The molecule has 0 radical (unpaired) electrons. The number of carbonyl (C=O) groups is 1. The Morgan fingerprint density at radius 1 is 1.08 bits per heavy atom. The number of cyclic esters (lactones) is 1. The molecule has 0 saturated heterocycles. The lowest BCUT2D eigenvalue weighted by Gasteiger charge is -2.31. The average molecular weight is 529 g/mol. The molecule has 0 unspecified atom stereocenters. The van der Waals surface area contributed by atoms with Crippen LogP contribution in [0.2, 0.25) is 0 Å². The minimum absolute atomic E-state index is 0.0993. The first-order chi connectivity index (χ1) is 18.4. The lowest BCUT2D eigenvalue weighted by Crippen LogP contribution is -2.44. The first kappa shape index (κ1) is 23.3. The van der Waals surface area contributed by atoms with Gasteiger partial charge in [0.05, 0.1) is 29.0 Å². The topological polar surface area (TPSA) is 99.9 Å². The van der Waals surface area contributed by atoms with Crippen LogP contribution in [0.3, 0.4) is 0 Å². The van der Waals surface area contributed by atoms with Crippen LogP contribution in [0.15, 0.2) is 52.2 Å². The SMILES string of the molecule is CCSc1ccc(-c2c3c(cc4nc5c(cc24)Cn2c-5cc4c(c2=O)COC(=O)[C@]4(O)CC)OCO3)cc1. The van der Waals surface area contributed by atoms with E-state index in [1.54, 1.807) is 29.3 Å². The molecule has 2 aromatic heterocycles. The van der Waals surface area contributed by atoms with Crippen molar-refractivity contribution in [3.63, 3.8) is 0 Å². The van der Waals surface area contributed by atoms with Gasteiger partial charge < -0.3 is 23.9 Å². The third-order valence-electron chi connectivity index (χ3n) is 7.60. The molecule has 7 rings (SSSR count). The van der Waals surface area contributed by atoms with Gasteiger partial charge in [0.25, 0.3) is 5.56 Å². The molecule has 8 nitrogen and oxygen atoms in total. The van der Waals surface area contributed by atoms with Crippen LogP contribution in [-0.4, -0.2) is 33.2 Å². The van der Waals surface area contributed by atoms with Crippen molar-refractivity contribution in [1.29, 1.82) is 0 Å². The van der Waals surface area contributed by atoms with Crippen LogP contribution in [0, 0.1) is 0 Å². The fraction of sp³-hybridized carbons (Fsp3) is 0.276. The number of carbonyl (C=O) groups excluding carboxylic acids is 1. The van der Waals surface area contributed by atoms with Gasteiger partial charge in [0, 0.05) is 33.0 Å². The van der Waals surface area contributed by atoms with Gasteiger partial charge in [-0.2, -0.15) is 0 Å². The Morgan fingerprint density at radius 2 is 1.89 bits per heavy atom. The Kier molecular flexibility index (Phi) is 5.12. The summed E-state index contributed by atoms with van der Waals surface area (Å²) in [5.41, 5.74) is 3.18. The first-order valence-corrected chi connectivity index (χ1v) is 13.6. The summed E-state index contributed by atoms with van der Waals surface area (Å²) >= 11 is 1.78. The molecule has 3 aliphatic heterocycles. The molecule has 0 spiro atoms. The standard InChI is InChI=1S/C29H24N2O6S/c1-3-29(34)20-10-22-25-16(12-31(22)27(32)19(20)13-35-28(29)33)9-18-21(30-25)11-23-26(37-14-36-23)24(18)15-5-7-17(8-6-15)38-4-2/h5-11,34H,3-4,12-14H2,1-2H3/t29-/m0/s1. The van der Waals surface area contributed by atoms with Gasteiger partial charge in [-0.1, -0.05) is 26.0 Å². The van der Waals surface area contributed by atoms with Crippen molar-refractivity contribution in [2.24, 2.45) is 0 Å². The van der Waals surface area contributed by atoms with Gasteiger partial charge >= 0.3 is 5.97 Å². The highest BCUT2D eigenvalue weighted by Gasteiger charge is 2.45. The van der Waals surface area contributed by atoms with Crippen molar-refractivity contribution >= 4 is 28.6 Å². The highest BCUT2D eigenvalue weighted by molar-refractivity contribution is 7.99. The summed E-state index contributed by atoms with van der Waals surface area (Å²) in [5.74, 6) is 1.56. The monoisotopic (exact) mass is 528 g/mol. The second-order valence-electron chi connectivity index (χ2n) is 9.61. The number of hydrogen-bond donors (Lipinski definition) is 1. The average Bonchev–Trinajstić information content (AvgIpc) is 3.54. The first-order valence-electron chi connectivity index (χ1n) is 12.6. The zero-order chi connectivity index (χ0) is 26.2. The van der Waals surface area contributed by atoms with Crippen LogP contribution in [-0.2, 0) is 28.3 Å². The number of nitrogens with zero attached hydrogens (tertiary/aromatic N) is 2. The lowest BCUT2D eigenvalue weighted by molar-refractivity contribution is -0.172. The quantitative estimate of drug-likeness (QED) is 0.267. The number of thioether (sulfide) groups is 1. The number of esters is 1. The van der Waals surface area contributed by atoms with E-state index in [-0.39, 0.29) is 25.4 Å². The van der Waals surface area contributed by atoms with Gasteiger partial charge in [0.15, 0.2) is 17.1 Å². The van der Waals surface area contributed by atoms with Gasteiger partial charge in [-0.15, -0.1) is 11.8 Å². The molecule has 4 aromatic rings. The number of ether oxygens (including phenoxy) is 3. The Hall–Kier alpha value is -3.82.